The topological polar surface area (TPSA) is 149 Å². The van der Waals surface area contributed by atoms with E-state index in [4.69, 9.17) is 20.4 Å². The fraction of sp³-hybridized carbons (Fsp3) is 0.955. The maximum Gasteiger partial charge on any atom is 0.185 e. The fourth-order valence-corrected chi connectivity index (χ4v) is 13.6. The van der Waals surface area contributed by atoms with Crippen molar-refractivity contribution >= 4 is 71.0 Å². The van der Waals surface area contributed by atoms with E-state index in [2.05, 4.69) is 78.2 Å². The van der Waals surface area contributed by atoms with Crippen molar-refractivity contribution in [1.82, 2.24) is 0 Å². The van der Waals surface area contributed by atoms with E-state index in [0.717, 1.165) is 25.7 Å². The molecular weight excluding hydrogens is 1330 g/mol. The van der Waals surface area contributed by atoms with Crippen LogP contribution in [0.15, 0.2) is 0 Å². The minimum atomic E-state index is -1.11. The molecule has 0 aliphatic heterocycles. The zero-order valence-electron chi connectivity index (χ0n) is 68.3. The van der Waals surface area contributed by atoms with E-state index < -0.39 is 31.8 Å². The van der Waals surface area contributed by atoms with Gasteiger partial charge in [0.15, 0.2) is 20.5 Å². The number of aliphatic hydroxyl groups is 4. The molecule has 0 saturated carbocycles. The molecule has 608 valence electrons. The molecule has 0 radical (unpaired) electrons. The zero-order chi connectivity index (χ0) is 75.4. The lowest BCUT2D eigenvalue weighted by atomic mass is 9.93. The van der Waals surface area contributed by atoms with E-state index in [0.29, 0.717) is 25.7 Å². The molecule has 0 aliphatic rings. The van der Waals surface area contributed by atoms with Gasteiger partial charge in [0.2, 0.25) is 0 Å². The number of carbonyl (C=O) groups is 4. The second-order valence-corrected chi connectivity index (χ2v) is 32.7. The molecule has 0 heterocycles. The van der Waals surface area contributed by atoms with E-state index in [9.17, 15) is 19.2 Å². The minimum Gasteiger partial charge on any atom is -0.396 e. The Hall–Kier alpha value is -0.0800. The van der Waals surface area contributed by atoms with Crippen molar-refractivity contribution in [1.29, 1.82) is 0 Å². The van der Waals surface area contributed by atoms with Gasteiger partial charge in [0.05, 0.1) is 31.8 Å². The smallest absolute Gasteiger partial charge is 0.185 e. The lowest BCUT2D eigenvalue weighted by Crippen LogP contribution is -2.37. The summed E-state index contributed by atoms with van der Waals surface area (Å²) in [4.78, 5) is 42.7. The molecule has 0 amide bonds. The third-order valence-electron chi connectivity index (χ3n) is 20.3. The molecule has 0 saturated heterocycles. The number of rotatable bonds is 80. The van der Waals surface area contributed by atoms with Gasteiger partial charge >= 0.3 is 0 Å². The van der Waals surface area contributed by atoms with Gasteiger partial charge in [-0.05, 0) is 25.7 Å². The van der Waals surface area contributed by atoms with Crippen LogP contribution in [0.25, 0.3) is 0 Å². The molecule has 0 aromatic rings. The van der Waals surface area contributed by atoms with Crippen LogP contribution in [0.5, 0.6) is 0 Å². The van der Waals surface area contributed by atoms with E-state index in [-0.39, 0.29) is 20.5 Å². The predicted molar refractivity (Wildman–Crippen MR) is 460 cm³/mol. The van der Waals surface area contributed by atoms with Crippen LogP contribution in [0.4, 0.5) is 0 Å². The average molecular weight is 1510 g/mol. The summed E-state index contributed by atoms with van der Waals surface area (Å²) >= 11 is 15.2. The van der Waals surface area contributed by atoms with Crippen molar-refractivity contribution in [2.24, 2.45) is 5.41 Å². The SMILES string of the molecule is CCCCCCCCCCCCCCCCCCCCC(=O)S.CCCCCCCCCCCCCCCCCCCCC(=O)S.CCCCCCCCCCCCCCCCCCCCC(=O)S.CCCCCCCCCCCCCCCCCCCCC(=O)S.OCC(CO)(CO)CO. The van der Waals surface area contributed by atoms with Gasteiger partial charge in [0.1, 0.15) is 0 Å². The summed E-state index contributed by atoms with van der Waals surface area (Å²) in [6.45, 7) is 7.52. The van der Waals surface area contributed by atoms with E-state index >= 15 is 0 Å². The van der Waals surface area contributed by atoms with Crippen LogP contribution in [-0.4, -0.2) is 67.3 Å². The van der Waals surface area contributed by atoms with Gasteiger partial charge in [-0.25, -0.2) is 0 Å². The Morgan fingerprint density at radius 3 is 0.307 bits per heavy atom. The molecule has 0 atom stereocenters. The summed E-state index contributed by atoms with van der Waals surface area (Å²) in [6, 6.07) is 0. The highest BCUT2D eigenvalue weighted by atomic mass is 32.1. The first kappa shape index (κ1) is 110. The molecule has 0 aromatic heterocycles. The molecule has 101 heavy (non-hydrogen) atoms. The van der Waals surface area contributed by atoms with Gasteiger partial charge in [-0.2, -0.15) is 0 Å². The first-order valence-electron chi connectivity index (χ1n) is 44.6. The summed E-state index contributed by atoms with van der Waals surface area (Å²) in [7, 11) is 0. The highest BCUT2D eigenvalue weighted by Gasteiger charge is 2.26. The molecule has 8 nitrogen and oxygen atoms in total. The summed E-state index contributed by atoms with van der Waals surface area (Å²) in [5.74, 6) is 0. The zero-order valence-corrected chi connectivity index (χ0v) is 71.9. The van der Waals surface area contributed by atoms with Crippen LogP contribution in [0, 0.1) is 5.41 Å². The number of unbranched alkanes of at least 4 members (excludes halogenated alkanes) is 68. The first-order valence-corrected chi connectivity index (χ1v) is 46.4. The average Bonchev–Trinajstić information content (AvgIpc) is 1.58. The van der Waals surface area contributed by atoms with Crippen molar-refractivity contribution in [3.8, 4) is 0 Å². The first-order chi connectivity index (χ1) is 49.3. The Labute approximate surface area is 653 Å². The number of aliphatic hydroxyl groups excluding tert-OH is 4. The standard InChI is InChI=1S/4C21H42OS.C5H12O4/c4*1-2-3-4-5-6-7-8-9-10-11-12-13-14-15-16-17-18-19-20-21(22)23;6-1-5(2-7,3-8)4-9/h4*2-20H2,1H3,(H,22,23);6-9H,1-4H2. The van der Waals surface area contributed by atoms with Crippen LogP contribution < -0.4 is 0 Å². The van der Waals surface area contributed by atoms with Gasteiger partial charge in [-0.1, -0.05) is 464 Å². The number of thiol groups is 4. The maximum atomic E-state index is 10.7. The van der Waals surface area contributed by atoms with Gasteiger partial charge in [-0.3, -0.25) is 19.2 Å². The van der Waals surface area contributed by atoms with Gasteiger partial charge in [-0.15, -0.1) is 50.5 Å². The van der Waals surface area contributed by atoms with E-state index in [1.165, 1.54) is 437 Å². The minimum absolute atomic E-state index is 0.0430. The highest BCUT2D eigenvalue weighted by molar-refractivity contribution is 7.97. The Balaban J connectivity index is -0.000000389. The van der Waals surface area contributed by atoms with Crippen LogP contribution in [0.1, 0.15) is 516 Å². The molecular formula is C89H180O8S4. The summed E-state index contributed by atoms with van der Waals surface area (Å²) < 4.78 is 0. The Morgan fingerprint density at radius 2 is 0.248 bits per heavy atom. The Bertz CT molecular complexity index is 1320. The molecule has 0 rings (SSSR count). The van der Waals surface area contributed by atoms with Crippen LogP contribution in [0.3, 0.4) is 0 Å². The quantitative estimate of drug-likeness (QED) is 0.0222. The number of hydrogen-bond donors (Lipinski definition) is 8. The lowest BCUT2D eigenvalue weighted by molar-refractivity contribution is -0.111. The summed E-state index contributed by atoms with van der Waals surface area (Å²) in [6.07, 6.45) is 102. The summed E-state index contributed by atoms with van der Waals surface area (Å²) in [5, 5.41) is 34.2. The van der Waals surface area contributed by atoms with Gasteiger partial charge < -0.3 is 20.4 Å². The second-order valence-electron chi connectivity index (χ2n) is 30.7. The van der Waals surface area contributed by atoms with Crippen LogP contribution in [-0.2, 0) is 19.2 Å². The van der Waals surface area contributed by atoms with Crippen molar-refractivity contribution in [2.45, 2.75) is 516 Å². The summed E-state index contributed by atoms with van der Waals surface area (Å²) in [5.41, 5.74) is -1.11. The molecule has 0 fully saturated rings. The normalized spacial score (nSPS) is 11.1. The van der Waals surface area contributed by atoms with Gasteiger partial charge in [0.25, 0.3) is 0 Å². The molecule has 4 N–H and O–H groups in total. The Morgan fingerprint density at radius 1 is 0.168 bits per heavy atom. The third-order valence-corrected chi connectivity index (χ3v) is 21.2. The van der Waals surface area contributed by atoms with Gasteiger partial charge in [0, 0.05) is 25.7 Å². The Kier molecular flexibility index (Phi) is 111. The number of carbonyl (C=O) groups excluding carboxylic acids is 4. The molecule has 0 aromatic carbocycles. The molecule has 0 bridgehead atoms. The predicted octanol–water partition coefficient (Wildman–Crippen LogP) is 29.4. The van der Waals surface area contributed by atoms with Crippen LogP contribution >= 0.6 is 50.5 Å². The monoisotopic (exact) mass is 1510 g/mol. The number of hydrogen-bond acceptors (Lipinski definition) is 8. The van der Waals surface area contributed by atoms with E-state index in [1.807, 2.05) is 0 Å². The van der Waals surface area contributed by atoms with Crippen molar-refractivity contribution in [2.75, 3.05) is 26.4 Å². The molecule has 0 aliphatic carbocycles. The fourth-order valence-electron chi connectivity index (χ4n) is 13.0. The highest BCUT2D eigenvalue weighted by Crippen LogP contribution is 2.21. The van der Waals surface area contributed by atoms with Crippen molar-refractivity contribution in [3.63, 3.8) is 0 Å². The molecule has 12 heteroatoms. The largest absolute Gasteiger partial charge is 0.396 e. The third kappa shape index (κ3) is 113. The van der Waals surface area contributed by atoms with Crippen molar-refractivity contribution < 1.29 is 39.6 Å². The van der Waals surface area contributed by atoms with Crippen LogP contribution in [0.2, 0.25) is 0 Å². The lowest BCUT2D eigenvalue weighted by Gasteiger charge is -2.23. The molecule has 0 unspecified atom stereocenters. The maximum absolute atomic E-state index is 10.7. The van der Waals surface area contributed by atoms with Crippen molar-refractivity contribution in [3.05, 3.63) is 0 Å². The second kappa shape index (κ2) is 102. The molecule has 0 spiro atoms. The van der Waals surface area contributed by atoms with E-state index in [1.54, 1.807) is 0 Å².